The number of hydrogen-bond acceptors (Lipinski definition) is 7. The summed E-state index contributed by atoms with van der Waals surface area (Å²) in [7, 11) is 0. The Hall–Kier alpha value is -2.22. The molecular formula is C13H16N6OS. The quantitative estimate of drug-likeness (QED) is 0.896. The Morgan fingerprint density at radius 1 is 1.14 bits per heavy atom. The third-order valence-electron chi connectivity index (χ3n) is 3.29. The second-order valence-electron chi connectivity index (χ2n) is 4.61. The number of hydrogen-bond donors (Lipinski definition) is 1. The van der Waals surface area contributed by atoms with Gasteiger partial charge in [0.05, 0.1) is 6.54 Å². The van der Waals surface area contributed by atoms with E-state index in [9.17, 15) is 4.79 Å². The number of aromatic nitrogens is 3. The Bertz CT molecular complexity index is 568. The van der Waals surface area contributed by atoms with E-state index in [1.807, 2.05) is 10.3 Å². The van der Waals surface area contributed by atoms with Gasteiger partial charge in [0, 0.05) is 50.1 Å². The molecule has 110 valence electrons. The highest BCUT2D eigenvalue weighted by molar-refractivity contribution is 7.13. The van der Waals surface area contributed by atoms with Gasteiger partial charge in [0.25, 0.3) is 0 Å². The summed E-state index contributed by atoms with van der Waals surface area (Å²) < 4.78 is 0. The molecule has 2 aromatic heterocycles. The van der Waals surface area contributed by atoms with Crippen LogP contribution in [0.5, 0.6) is 0 Å². The maximum atomic E-state index is 12.1. The van der Waals surface area contributed by atoms with Crippen LogP contribution in [-0.4, -0.2) is 58.5 Å². The molecule has 0 aromatic carbocycles. The van der Waals surface area contributed by atoms with Crippen LogP contribution in [0.1, 0.15) is 0 Å². The molecule has 0 spiro atoms. The Labute approximate surface area is 126 Å². The summed E-state index contributed by atoms with van der Waals surface area (Å²) in [5.74, 6) is 0.823. The minimum Gasteiger partial charge on any atom is -0.352 e. The van der Waals surface area contributed by atoms with E-state index in [0.717, 1.165) is 24.2 Å². The summed E-state index contributed by atoms with van der Waals surface area (Å²) in [4.78, 5) is 28.6. The molecule has 1 saturated heterocycles. The van der Waals surface area contributed by atoms with Gasteiger partial charge in [-0.3, -0.25) is 4.79 Å². The number of rotatable bonds is 4. The largest absolute Gasteiger partial charge is 0.352 e. The highest BCUT2D eigenvalue weighted by atomic mass is 32.1. The zero-order chi connectivity index (χ0) is 14.5. The lowest BCUT2D eigenvalue weighted by Gasteiger charge is -2.34. The molecule has 21 heavy (non-hydrogen) atoms. The van der Waals surface area contributed by atoms with Crippen LogP contribution in [0.2, 0.25) is 0 Å². The van der Waals surface area contributed by atoms with Crippen LogP contribution < -0.4 is 10.2 Å². The van der Waals surface area contributed by atoms with Crippen molar-refractivity contribution < 1.29 is 4.79 Å². The van der Waals surface area contributed by atoms with Crippen molar-refractivity contribution in [1.82, 2.24) is 19.9 Å². The monoisotopic (exact) mass is 304 g/mol. The zero-order valence-corrected chi connectivity index (χ0v) is 12.3. The van der Waals surface area contributed by atoms with Crippen LogP contribution in [-0.2, 0) is 4.79 Å². The summed E-state index contributed by atoms with van der Waals surface area (Å²) in [5, 5.41) is 5.70. The van der Waals surface area contributed by atoms with Crippen LogP contribution in [0.3, 0.4) is 0 Å². The molecule has 1 N–H and O–H groups in total. The second kappa shape index (κ2) is 6.49. The minimum atomic E-state index is 0.0961. The predicted molar refractivity (Wildman–Crippen MR) is 81.4 cm³/mol. The summed E-state index contributed by atoms with van der Waals surface area (Å²) in [6.07, 6.45) is 5.19. The molecule has 0 saturated carbocycles. The number of nitrogens with zero attached hydrogens (tertiary/aromatic N) is 5. The topological polar surface area (TPSA) is 74.2 Å². The van der Waals surface area contributed by atoms with Crippen molar-refractivity contribution in [2.24, 2.45) is 0 Å². The molecule has 7 nitrogen and oxygen atoms in total. The number of nitrogens with one attached hydrogen (secondary N) is 1. The van der Waals surface area contributed by atoms with E-state index in [-0.39, 0.29) is 12.5 Å². The van der Waals surface area contributed by atoms with Crippen LogP contribution in [0, 0.1) is 0 Å². The molecule has 8 heteroatoms. The summed E-state index contributed by atoms with van der Waals surface area (Å²) in [6, 6.07) is 1.80. The van der Waals surface area contributed by atoms with E-state index in [4.69, 9.17) is 0 Å². The third-order valence-corrected chi connectivity index (χ3v) is 4.02. The first-order valence-corrected chi connectivity index (χ1v) is 7.64. The van der Waals surface area contributed by atoms with E-state index in [0.29, 0.717) is 13.1 Å². The van der Waals surface area contributed by atoms with Crippen LogP contribution in [0.15, 0.2) is 30.0 Å². The number of anilines is 2. The van der Waals surface area contributed by atoms with Gasteiger partial charge in [0.15, 0.2) is 5.13 Å². The fourth-order valence-corrected chi connectivity index (χ4v) is 2.71. The van der Waals surface area contributed by atoms with Gasteiger partial charge in [-0.15, -0.1) is 11.3 Å². The van der Waals surface area contributed by atoms with Gasteiger partial charge < -0.3 is 15.1 Å². The van der Waals surface area contributed by atoms with E-state index in [2.05, 4.69) is 25.2 Å². The molecule has 0 atom stereocenters. The molecule has 0 unspecified atom stereocenters. The molecule has 0 radical (unpaired) electrons. The molecule has 1 amide bonds. The van der Waals surface area contributed by atoms with Gasteiger partial charge in [-0.1, -0.05) is 0 Å². The first-order chi connectivity index (χ1) is 10.3. The van der Waals surface area contributed by atoms with Crippen LogP contribution in [0.4, 0.5) is 11.1 Å². The predicted octanol–water partition coefficient (Wildman–Crippen LogP) is 0.694. The Balaban J connectivity index is 1.48. The van der Waals surface area contributed by atoms with Gasteiger partial charge in [-0.25, -0.2) is 15.0 Å². The molecule has 1 aliphatic rings. The number of piperazine rings is 1. The van der Waals surface area contributed by atoms with Crippen molar-refractivity contribution in [3.63, 3.8) is 0 Å². The Morgan fingerprint density at radius 2 is 1.90 bits per heavy atom. The fourth-order valence-electron chi connectivity index (χ4n) is 2.18. The standard InChI is InChI=1S/C13H16N6OS/c20-11(10-17-13-16-4-9-21-13)18-5-7-19(8-6-18)12-14-2-1-3-15-12/h1-4,9H,5-8,10H2,(H,16,17). The van der Waals surface area contributed by atoms with E-state index < -0.39 is 0 Å². The minimum absolute atomic E-state index is 0.0961. The van der Waals surface area contributed by atoms with E-state index >= 15 is 0 Å². The van der Waals surface area contributed by atoms with Crippen molar-refractivity contribution in [3.8, 4) is 0 Å². The van der Waals surface area contributed by atoms with Gasteiger partial charge in [-0.2, -0.15) is 0 Å². The molecule has 1 aliphatic heterocycles. The van der Waals surface area contributed by atoms with Crippen molar-refractivity contribution in [2.75, 3.05) is 42.9 Å². The summed E-state index contributed by atoms with van der Waals surface area (Å²) in [6.45, 7) is 3.18. The summed E-state index contributed by atoms with van der Waals surface area (Å²) in [5.41, 5.74) is 0. The van der Waals surface area contributed by atoms with Crippen LogP contribution >= 0.6 is 11.3 Å². The van der Waals surface area contributed by atoms with Gasteiger partial charge in [-0.05, 0) is 6.07 Å². The van der Waals surface area contributed by atoms with E-state index in [1.165, 1.54) is 11.3 Å². The normalized spacial score (nSPS) is 15.0. The average molecular weight is 304 g/mol. The number of carbonyl (C=O) groups is 1. The van der Waals surface area contributed by atoms with Gasteiger partial charge in [0.1, 0.15) is 0 Å². The molecular weight excluding hydrogens is 288 g/mol. The maximum Gasteiger partial charge on any atom is 0.242 e. The average Bonchev–Trinajstić information content (AvgIpc) is 3.07. The van der Waals surface area contributed by atoms with E-state index in [1.54, 1.807) is 24.7 Å². The summed E-state index contributed by atoms with van der Waals surface area (Å²) >= 11 is 1.49. The number of thiazole rings is 1. The molecule has 0 bridgehead atoms. The lowest BCUT2D eigenvalue weighted by atomic mass is 10.3. The Morgan fingerprint density at radius 3 is 2.57 bits per heavy atom. The first-order valence-electron chi connectivity index (χ1n) is 6.76. The van der Waals surface area contributed by atoms with Crippen molar-refractivity contribution in [3.05, 3.63) is 30.0 Å². The molecule has 0 aliphatic carbocycles. The molecule has 2 aromatic rings. The third kappa shape index (κ3) is 3.46. The van der Waals surface area contributed by atoms with Crippen LogP contribution in [0.25, 0.3) is 0 Å². The van der Waals surface area contributed by atoms with Crippen molar-refractivity contribution in [1.29, 1.82) is 0 Å². The second-order valence-corrected chi connectivity index (χ2v) is 5.50. The van der Waals surface area contributed by atoms with Gasteiger partial charge in [0.2, 0.25) is 11.9 Å². The smallest absolute Gasteiger partial charge is 0.242 e. The lowest BCUT2D eigenvalue weighted by Crippen LogP contribution is -2.50. The zero-order valence-electron chi connectivity index (χ0n) is 11.5. The molecule has 3 heterocycles. The van der Waals surface area contributed by atoms with Gasteiger partial charge >= 0.3 is 0 Å². The molecule has 1 fully saturated rings. The number of amides is 1. The highest BCUT2D eigenvalue weighted by Gasteiger charge is 2.22. The van der Waals surface area contributed by atoms with Crippen molar-refractivity contribution >= 4 is 28.3 Å². The lowest BCUT2D eigenvalue weighted by molar-refractivity contribution is -0.129. The maximum absolute atomic E-state index is 12.1. The molecule has 3 rings (SSSR count). The highest BCUT2D eigenvalue weighted by Crippen LogP contribution is 2.12. The fraction of sp³-hybridized carbons (Fsp3) is 0.385. The van der Waals surface area contributed by atoms with Crippen molar-refractivity contribution in [2.45, 2.75) is 0 Å². The SMILES string of the molecule is O=C(CNc1nccs1)N1CCN(c2ncccn2)CC1. The Kier molecular flexibility index (Phi) is 4.25. The first kappa shape index (κ1) is 13.7. The number of carbonyl (C=O) groups excluding carboxylic acids is 1.